The molecule has 31 heavy (non-hydrogen) atoms. The molecule has 1 saturated carbocycles. The lowest BCUT2D eigenvalue weighted by atomic mass is 9.82. The number of nitrogens with zero attached hydrogens (tertiary/aromatic N) is 4. The number of nitro groups is 1. The summed E-state index contributed by atoms with van der Waals surface area (Å²) in [4.78, 5) is 30.4. The van der Waals surface area contributed by atoms with E-state index < -0.39 is 4.92 Å². The van der Waals surface area contributed by atoms with E-state index in [0.717, 1.165) is 38.5 Å². The zero-order valence-electron chi connectivity index (χ0n) is 17.4. The Balaban J connectivity index is 1.33. The molecule has 2 N–H and O–H groups in total. The van der Waals surface area contributed by atoms with E-state index in [1.165, 1.54) is 24.6 Å². The second-order valence-electron chi connectivity index (χ2n) is 8.89. The summed E-state index contributed by atoms with van der Waals surface area (Å²) in [6.07, 6.45) is 7.44. The number of piperidine rings is 2. The molecule has 10 nitrogen and oxygen atoms in total. The van der Waals surface area contributed by atoms with Gasteiger partial charge >= 0.3 is 6.03 Å². The summed E-state index contributed by atoms with van der Waals surface area (Å²) in [5.74, 6) is 1.21. The highest BCUT2D eigenvalue weighted by Crippen LogP contribution is 2.40. The minimum Gasteiger partial charge on any atom is -0.335 e. The van der Waals surface area contributed by atoms with Gasteiger partial charge in [0, 0.05) is 36.2 Å². The van der Waals surface area contributed by atoms with E-state index in [1.54, 1.807) is 0 Å². The quantitative estimate of drug-likeness (QED) is 0.552. The van der Waals surface area contributed by atoms with E-state index in [4.69, 9.17) is 4.52 Å². The second-order valence-corrected chi connectivity index (χ2v) is 8.89. The lowest BCUT2D eigenvalue weighted by molar-refractivity contribution is -0.384. The number of nitro benzene ring substituents is 1. The average Bonchev–Trinajstić information content (AvgIpc) is 3.46. The summed E-state index contributed by atoms with van der Waals surface area (Å²) in [6, 6.07) is 4.93. The molecule has 0 radical (unpaired) electrons. The molecule has 2 amide bonds. The van der Waals surface area contributed by atoms with Gasteiger partial charge in [-0.2, -0.15) is 4.98 Å². The largest absolute Gasteiger partial charge is 0.335 e. The minimum absolute atomic E-state index is 0.0820. The highest BCUT2D eigenvalue weighted by molar-refractivity contribution is 5.94. The van der Waals surface area contributed by atoms with E-state index in [2.05, 4.69) is 32.7 Å². The second kappa shape index (κ2) is 7.92. The SMILES string of the molecule is CN1[C@@H]2CCC[C@H]1CC(NC(=O)Nc1cc([N+](=O)[O-])ccc1-c1nc(C3CC3)no1)C2. The summed E-state index contributed by atoms with van der Waals surface area (Å²) < 4.78 is 5.38. The Morgan fingerprint density at radius 2 is 1.97 bits per heavy atom. The zero-order chi connectivity index (χ0) is 21.5. The normalized spacial score (nSPS) is 25.8. The molecule has 3 aliphatic rings. The van der Waals surface area contributed by atoms with Gasteiger partial charge in [0.25, 0.3) is 11.6 Å². The highest BCUT2D eigenvalue weighted by Gasteiger charge is 2.36. The van der Waals surface area contributed by atoms with Crippen LogP contribution in [-0.4, -0.2) is 51.2 Å². The van der Waals surface area contributed by atoms with Crippen LogP contribution in [0.2, 0.25) is 0 Å². The molecular formula is C21H26N6O4. The fourth-order valence-electron chi connectivity index (χ4n) is 4.86. The number of carbonyl (C=O) groups excluding carboxylic acids is 1. The molecule has 1 unspecified atom stereocenters. The van der Waals surface area contributed by atoms with E-state index >= 15 is 0 Å². The first-order valence-electron chi connectivity index (χ1n) is 10.9. The molecule has 3 heterocycles. The maximum absolute atomic E-state index is 12.8. The van der Waals surface area contributed by atoms with Gasteiger partial charge in [0.05, 0.1) is 16.2 Å². The third-order valence-corrected chi connectivity index (χ3v) is 6.75. The first kappa shape index (κ1) is 19.9. The molecule has 2 saturated heterocycles. The van der Waals surface area contributed by atoms with Crippen LogP contribution >= 0.6 is 0 Å². The van der Waals surface area contributed by atoms with Gasteiger partial charge in [-0.15, -0.1) is 0 Å². The van der Waals surface area contributed by atoms with Crippen LogP contribution in [0.3, 0.4) is 0 Å². The molecule has 0 spiro atoms. The number of anilines is 1. The van der Waals surface area contributed by atoms with Crippen molar-refractivity contribution in [2.75, 3.05) is 12.4 Å². The van der Waals surface area contributed by atoms with Crippen molar-refractivity contribution in [3.05, 3.63) is 34.1 Å². The number of nitrogens with one attached hydrogen (secondary N) is 2. The number of urea groups is 1. The predicted molar refractivity (Wildman–Crippen MR) is 113 cm³/mol. The number of hydrogen-bond acceptors (Lipinski definition) is 7. The molecule has 3 fully saturated rings. The smallest absolute Gasteiger partial charge is 0.319 e. The number of aromatic nitrogens is 2. The van der Waals surface area contributed by atoms with Gasteiger partial charge in [-0.25, -0.2) is 4.79 Å². The molecule has 10 heteroatoms. The van der Waals surface area contributed by atoms with E-state index in [9.17, 15) is 14.9 Å². The van der Waals surface area contributed by atoms with E-state index in [-0.39, 0.29) is 29.3 Å². The van der Waals surface area contributed by atoms with Gasteiger partial charge in [-0.1, -0.05) is 11.6 Å². The van der Waals surface area contributed by atoms with Crippen LogP contribution in [0.5, 0.6) is 0 Å². The molecule has 3 atom stereocenters. The van der Waals surface area contributed by atoms with Crippen molar-refractivity contribution in [2.45, 2.75) is 69.0 Å². The number of carbonyl (C=O) groups is 1. The van der Waals surface area contributed by atoms with E-state index in [1.807, 2.05) is 0 Å². The summed E-state index contributed by atoms with van der Waals surface area (Å²) in [5.41, 5.74) is 0.640. The van der Waals surface area contributed by atoms with E-state index in [0.29, 0.717) is 29.4 Å². The van der Waals surface area contributed by atoms with Crippen molar-refractivity contribution >= 4 is 17.4 Å². The molecule has 2 bridgehead atoms. The van der Waals surface area contributed by atoms with Gasteiger partial charge < -0.3 is 20.1 Å². The van der Waals surface area contributed by atoms with Crippen LogP contribution in [0.4, 0.5) is 16.2 Å². The summed E-state index contributed by atoms with van der Waals surface area (Å²) >= 11 is 0. The predicted octanol–water partition coefficient (Wildman–Crippen LogP) is 3.66. The molecular weight excluding hydrogens is 400 g/mol. The van der Waals surface area contributed by atoms with Gasteiger partial charge in [0.1, 0.15) is 0 Å². The van der Waals surface area contributed by atoms with Gasteiger partial charge in [0.15, 0.2) is 5.82 Å². The van der Waals surface area contributed by atoms with Crippen LogP contribution in [0.15, 0.2) is 22.7 Å². The topological polar surface area (TPSA) is 126 Å². The Hall–Kier alpha value is -3.01. The number of non-ortho nitro benzene ring substituents is 1. The number of hydrogen-bond donors (Lipinski definition) is 2. The van der Waals surface area contributed by atoms with Crippen LogP contribution < -0.4 is 10.6 Å². The molecule has 1 aliphatic carbocycles. The Morgan fingerprint density at radius 1 is 1.23 bits per heavy atom. The maximum Gasteiger partial charge on any atom is 0.319 e. The Bertz CT molecular complexity index is 990. The summed E-state index contributed by atoms with van der Waals surface area (Å²) in [6.45, 7) is 0. The molecule has 2 aliphatic heterocycles. The Kier molecular flexibility index (Phi) is 5.09. The fraction of sp³-hybridized carbons (Fsp3) is 0.571. The Morgan fingerprint density at radius 3 is 2.65 bits per heavy atom. The molecule has 164 valence electrons. The van der Waals surface area contributed by atoms with Crippen LogP contribution in [0.1, 0.15) is 56.7 Å². The number of fused-ring (bicyclic) bond motifs is 2. The van der Waals surface area contributed by atoms with Crippen molar-refractivity contribution in [1.29, 1.82) is 0 Å². The maximum atomic E-state index is 12.8. The van der Waals surface area contributed by atoms with Crippen molar-refractivity contribution in [3.63, 3.8) is 0 Å². The minimum atomic E-state index is -0.492. The number of amides is 2. The van der Waals surface area contributed by atoms with Crippen LogP contribution in [0.25, 0.3) is 11.5 Å². The summed E-state index contributed by atoms with van der Waals surface area (Å²) in [5, 5.41) is 21.1. The molecule has 1 aromatic carbocycles. The van der Waals surface area contributed by atoms with Crippen molar-refractivity contribution in [1.82, 2.24) is 20.4 Å². The van der Waals surface area contributed by atoms with Crippen molar-refractivity contribution in [3.8, 4) is 11.5 Å². The fourth-order valence-corrected chi connectivity index (χ4v) is 4.86. The molecule has 2 aromatic rings. The zero-order valence-corrected chi connectivity index (χ0v) is 17.4. The van der Waals surface area contributed by atoms with Crippen LogP contribution in [0, 0.1) is 10.1 Å². The average molecular weight is 426 g/mol. The molecule has 5 rings (SSSR count). The van der Waals surface area contributed by atoms with Gasteiger partial charge in [-0.3, -0.25) is 10.1 Å². The van der Waals surface area contributed by atoms with Crippen molar-refractivity contribution < 1.29 is 14.2 Å². The lowest BCUT2D eigenvalue weighted by Crippen LogP contribution is -2.55. The highest BCUT2D eigenvalue weighted by atomic mass is 16.6. The number of benzene rings is 1. The standard InChI is InChI=1S/C21H26N6O4/c1-26-14-3-2-4-15(26)10-13(9-14)22-21(28)23-18-11-16(27(29)30)7-8-17(18)20-24-19(25-31-20)12-5-6-12/h7-8,11-15H,2-6,9-10H2,1H3,(H2,22,23,28)/t13?,14-,15+. The van der Waals surface area contributed by atoms with Gasteiger partial charge in [0.2, 0.25) is 0 Å². The van der Waals surface area contributed by atoms with Crippen molar-refractivity contribution in [2.24, 2.45) is 0 Å². The van der Waals surface area contributed by atoms with Gasteiger partial charge in [-0.05, 0) is 51.6 Å². The lowest BCUT2D eigenvalue weighted by Gasteiger charge is -2.47. The first-order valence-corrected chi connectivity index (χ1v) is 10.9. The Labute approximate surface area is 179 Å². The third kappa shape index (κ3) is 4.12. The third-order valence-electron chi connectivity index (χ3n) is 6.75. The summed E-state index contributed by atoms with van der Waals surface area (Å²) in [7, 11) is 2.17. The molecule has 1 aromatic heterocycles. The monoisotopic (exact) mass is 426 g/mol. The first-order chi connectivity index (χ1) is 15.0. The van der Waals surface area contributed by atoms with Crippen LogP contribution in [-0.2, 0) is 0 Å². The number of rotatable bonds is 5.